The molecule has 1 fully saturated rings. The Morgan fingerprint density at radius 1 is 1.18 bits per heavy atom. The van der Waals surface area contributed by atoms with Gasteiger partial charge in [-0.2, -0.15) is 4.31 Å². The quantitative estimate of drug-likeness (QED) is 0.766. The third kappa shape index (κ3) is 4.63. The Kier molecular flexibility index (Phi) is 6.22. The van der Waals surface area contributed by atoms with Crippen molar-refractivity contribution >= 4 is 21.6 Å². The summed E-state index contributed by atoms with van der Waals surface area (Å²) in [5.41, 5.74) is 0.569. The number of likely N-dealkylation sites (N-methyl/N-ethyl adjacent to an activating group) is 1. The van der Waals surface area contributed by atoms with Gasteiger partial charge in [-0.25, -0.2) is 8.42 Å². The number of nitrogens with zero attached hydrogens (tertiary/aromatic N) is 2. The van der Waals surface area contributed by atoms with Crippen LogP contribution in [0.3, 0.4) is 0 Å². The Bertz CT molecular complexity index is 915. The van der Waals surface area contributed by atoms with Gasteiger partial charge in [0.2, 0.25) is 15.9 Å². The maximum Gasteiger partial charge on any atom is 0.243 e. The molecule has 1 aromatic heterocycles. The highest BCUT2D eigenvalue weighted by Crippen LogP contribution is 2.22. The molecule has 0 aliphatic carbocycles. The lowest BCUT2D eigenvalue weighted by atomic mass is 10.2. The highest BCUT2D eigenvalue weighted by Gasteiger charge is 2.27. The molecular formula is C20H27N3O4S. The van der Waals surface area contributed by atoms with Crippen molar-refractivity contribution in [3.63, 3.8) is 0 Å². The number of rotatable bonds is 7. The molecule has 7 nitrogen and oxygen atoms in total. The van der Waals surface area contributed by atoms with Gasteiger partial charge in [-0.05, 0) is 70.1 Å². The molecule has 1 saturated heterocycles. The average Bonchev–Trinajstić information content (AvgIpc) is 3.34. The van der Waals surface area contributed by atoms with E-state index in [-0.39, 0.29) is 16.8 Å². The Balaban J connectivity index is 1.60. The van der Waals surface area contributed by atoms with E-state index in [1.807, 2.05) is 37.9 Å². The van der Waals surface area contributed by atoms with E-state index >= 15 is 0 Å². The zero-order chi connectivity index (χ0) is 20.3. The van der Waals surface area contributed by atoms with Gasteiger partial charge in [0.05, 0.1) is 17.5 Å². The topological polar surface area (TPSA) is 82.9 Å². The fourth-order valence-corrected chi connectivity index (χ4v) is 4.70. The van der Waals surface area contributed by atoms with E-state index in [1.165, 1.54) is 4.31 Å². The summed E-state index contributed by atoms with van der Waals surface area (Å²) in [6.07, 6.45) is 1.80. The molecule has 1 amide bonds. The van der Waals surface area contributed by atoms with Gasteiger partial charge in [-0.15, -0.1) is 0 Å². The average molecular weight is 406 g/mol. The molecule has 1 atom stereocenters. The summed E-state index contributed by atoms with van der Waals surface area (Å²) in [5, 5.41) is 2.84. The van der Waals surface area contributed by atoms with Gasteiger partial charge in [-0.3, -0.25) is 9.69 Å². The number of carbonyl (C=O) groups excluding carboxylic acids is 1. The second-order valence-electron chi connectivity index (χ2n) is 7.23. The first-order chi connectivity index (χ1) is 13.3. The molecule has 152 valence electrons. The molecule has 1 aliphatic heterocycles. The van der Waals surface area contributed by atoms with Crippen LogP contribution in [0.1, 0.15) is 31.3 Å². The van der Waals surface area contributed by atoms with Crippen LogP contribution in [0.15, 0.2) is 45.7 Å². The molecule has 2 heterocycles. The van der Waals surface area contributed by atoms with Crippen LogP contribution >= 0.6 is 0 Å². The summed E-state index contributed by atoms with van der Waals surface area (Å²) < 4.78 is 32.2. The Labute approximate surface area is 166 Å². The molecule has 0 radical (unpaired) electrons. The molecule has 1 aromatic carbocycles. The molecule has 3 rings (SSSR count). The number of anilines is 1. The zero-order valence-corrected chi connectivity index (χ0v) is 17.3. The molecule has 2 aromatic rings. The van der Waals surface area contributed by atoms with Crippen LogP contribution in [0.5, 0.6) is 0 Å². The summed E-state index contributed by atoms with van der Waals surface area (Å²) in [6, 6.07) is 9.76. The molecular weight excluding hydrogens is 378 g/mol. The fraction of sp³-hybridized carbons (Fsp3) is 0.450. The SMILES string of the molecule is Cc1ccc(CN(C)[C@@H](C)C(=O)Nc2ccc(S(=O)(=O)N3CCCC3)cc2)o1. The van der Waals surface area contributed by atoms with E-state index in [2.05, 4.69) is 5.32 Å². The fourth-order valence-electron chi connectivity index (χ4n) is 3.19. The van der Waals surface area contributed by atoms with Crippen LogP contribution in [0, 0.1) is 6.92 Å². The van der Waals surface area contributed by atoms with Crippen molar-refractivity contribution in [3.8, 4) is 0 Å². The number of sulfonamides is 1. The molecule has 1 aliphatic rings. The first kappa shape index (κ1) is 20.6. The number of aryl methyl sites for hydroxylation is 1. The lowest BCUT2D eigenvalue weighted by molar-refractivity contribution is -0.120. The lowest BCUT2D eigenvalue weighted by Gasteiger charge is -2.23. The van der Waals surface area contributed by atoms with Crippen LogP contribution < -0.4 is 5.32 Å². The first-order valence-corrected chi connectivity index (χ1v) is 10.9. The number of benzene rings is 1. The van der Waals surface area contributed by atoms with E-state index in [9.17, 15) is 13.2 Å². The first-order valence-electron chi connectivity index (χ1n) is 9.44. The van der Waals surface area contributed by atoms with Gasteiger partial charge in [0.1, 0.15) is 11.5 Å². The van der Waals surface area contributed by atoms with E-state index in [1.54, 1.807) is 24.3 Å². The standard InChI is InChI=1S/C20H27N3O4S/c1-15-6-9-18(27-15)14-22(3)16(2)20(24)21-17-7-10-19(11-8-17)28(25,26)23-12-4-5-13-23/h6-11,16H,4-5,12-14H2,1-3H3,(H,21,24)/t16-/m0/s1. The zero-order valence-electron chi connectivity index (χ0n) is 16.5. The summed E-state index contributed by atoms with van der Waals surface area (Å²) in [7, 11) is -1.59. The van der Waals surface area contributed by atoms with Gasteiger partial charge < -0.3 is 9.73 Å². The smallest absolute Gasteiger partial charge is 0.243 e. The van der Waals surface area contributed by atoms with Crippen LogP contribution in [-0.4, -0.2) is 49.7 Å². The predicted molar refractivity (Wildman–Crippen MR) is 107 cm³/mol. The lowest BCUT2D eigenvalue weighted by Crippen LogP contribution is -2.39. The maximum absolute atomic E-state index is 12.6. The Hall–Kier alpha value is -2.16. The van der Waals surface area contributed by atoms with Crippen molar-refractivity contribution in [1.82, 2.24) is 9.21 Å². The number of amides is 1. The van der Waals surface area contributed by atoms with Crippen molar-refractivity contribution in [1.29, 1.82) is 0 Å². The molecule has 8 heteroatoms. The number of nitrogens with one attached hydrogen (secondary N) is 1. The van der Waals surface area contributed by atoms with Crippen molar-refractivity contribution in [2.75, 3.05) is 25.5 Å². The highest BCUT2D eigenvalue weighted by molar-refractivity contribution is 7.89. The van der Waals surface area contributed by atoms with Crippen LogP contribution in [-0.2, 0) is 21.4 Å². The summed E-state index contributed by atoms with van der Waals surface area (Å²) in [5.74, 6) is 1.47. The van der Waals surface area contributed by atoms with Gasteiger partial charge in [0, 0.05) is 18.8 Å². The highest BCUT2D eigenvalue weighted by atomic mass is 32.2. The molecule has 0 bridgehead atoms. The van der Waals surface area contributed by atoms with Crippen molar-refractivity contribution in [2.45, 2.75) is 44.2 Å². The van der Waals surface area contributed by atoms with Crippen LogP contribution in [0.4, 0.5) is 5.69 Å². The minimum Gasteiger partial charge on any atom is -0.465 e. The van der Waals surface area contributed by atoms with Gasteiger partial charge in [0.25, 0.3) is 0 Å². The molecule has 28 heavy (non-hydrogen) atoms. The number of hydrogen-bond acceptors (Lipinski definition) is 5. The maximum atomic E-state index is 12.6. The van der Waals surface area contributed by atoms with Gasteiger partial charge in [-0.1, -0.05) is 0 Å². The number of hydrogen-bond donors (Lipinski definition) is 1. The summed E-state index contributed by atoms with van der Waals surface area (Å²) >= 11 is 0. The van der Waals surface area contributed by atoms with E-state index in [0.29, 0.717) is 25.3 Å². The monoisotopic (exact) mass is 405 g/mol. The van der Waals surface area contributed by atoms with Gasteiger partial charge >= 0.3 is 0 Å². The van der Waals surface area contributed by atoms with E-state index in [4.69, 9.17) is 4.42 Å². The minimum atomic E-state index is -3.44. The molecule has 0 saturated carbocycles. The summed E-state index contributed by atoms with van der Waals surface area (Å²) in [6.45, 7) is 5.36. The molecule has 0 unspecified atom stereocenters. The van der Waals surface area contributed by atoms with Crippen LogP contribution in [0.25, 0.3) is 0 Å². The molecule has 0 spiro atoms. The largest absolute Gasteiger partial charge is 0.465 e. The van der Waals surface area contributed by atoms with E-state index in [0.717, 1.165) is 24.4 Å². The molecule has 1 N–H and O–H groups in total. The van der Waals surface area contributed by atoms with Gasteiger partial charge in [0.15, 0.2) is 0 Å². The normalized spacial score (nSPS) is 16.4. The van der Waals surface area contributed by atoms with E-state index < -0.39 is 10.0 Å². The number of furan rings is 1. The van der Waals surface area contributed by atoms with Crippen molar-refractivity contribution in [2.24, 2.45) is 0 Å². The third-order valence-electron chi connectivity index (χ3n) is 5.07. The van der Waals surface area contributed by atoms with Crippen LogP contribution in [0.2, 0.25) is 0 Å². The second kappa shape index (κ2) is 8.46. The van der Waals surface area contributed by atoms with Crippen molar-refractivity contribution < 1.29 is 17.6 Å². The number of carbonyl (C=O) groups is 1. The summed E-state index contributed by atoms with van der Waals surface area (Å²) in [4.78, 5) is 14.7. The minimum absolute atomic E-state index is 0.166. The van der Waals surface area contributed by atoms with Crippen molar-refractivity contribution in [3.05, 3.63) is 47.9 Å². The predicted octanol–water partition coefficient (Wildman–Crippen LogP) is 2.83. The second-order valence-corrected chi connectivity index (χ2v) is 9.17. The Morgan fingerprint density at radius 3 is 2.39 bits per heavy atom. The third-order valence-corrected chi connectivity index (χ3v) is 6.98. The Morgan fingerprint density at radius 2 is 1.82 bits per heavy atom.